The number of carbonyl (C=O) groups excluding carboxylic acids is 1. The van der Waals surface area contributed by atoms with E-state index in [0.717, 1.165) is 15.7 Å². The van der Waals surface area contributed by atoms with Crippen molar-refractivity contribution in [2.75, 3.05) is 14.2 Å². The monoisotopic (exact) mass is 544 g/mol. The fourth-order valence-corrected chi connectivity index (χ4v) is 4.77. The van der Waals surface area contributed by atoms with Gasteiger partial charge in [0.05, 0.1) is 13.2 Å². The number of benzene rings is 2. The van der Waals surface area contributed by atoms with Gasteiger partial charge in [-0.15, -0.1) is 0 Å². The van der Waals surface area contributed by atoms with Crippen LogP contribution >= 0.6 is 0 Å². The number of hydrazine groups is 1. The maximum absolute atomic E-state index is 13.5. The van der Waals surface area contributed by atoms with E-state index in [4.69, 9.17) is 9.15 Å². The highest BCUT2D eigenvalue weighted by molar-refractivity contribution is 5.81. The number of methoxy groups -OCH3 is 1. The van der Waals surface area contributed by atoms with Crippen LogP contribution in [0.5, 0.6) is 5.75 Å². The molecule has 9 nitrogen and oxygen atoms in total. The number of amides is 1. The molecule has 0 aliphatic rings. The number of fused-ring (bicyclic) bond motifs is 1. The molecule has 0 aliphatic carbocycles. The fraction of sp³-hybridized carbons (Fsp3) is 0.355. The Balaban J connectivity index is 1.72. The van der Waals surface area contributed by atoms with Crippen LogP contribution in [0.15, 0.2) is 74.8 Å². The van der Waals surface area contributed by atoms with E-state index in [2.05, 4.69) is 62.4 Å². The molecule has 0 fully saturated rings. The van der Waals surface area contributed by atoms with E-state index in [9.17, 15) is 14.4 Å². The van der Waals surface area contributed by atoms with Gasteiger partial charge in [-0.1, -0.05) is 76.2 Å². The van der Waals surface area contributed by atoms with Crippen LogP contribution in [0.25, 0.3) is 11.1 Å². The first-order chi connectivity index (χ1) is 19.0. The number of nitrogens with one attached hydrogen (secondary N) is 1. The van der Waals surface area contributed by atoms with Gasteiger partial charge >= 0.3 is 5.76 Å². The molecule has 1 atom stereocenters. The van der Waals surface area contributed by atoms with Gasteiger partial charge in [-0.3, -0.25) is 15.0 Å². The Kier molecular flexibility index (Phi) is 8.54. The Morgan fingerprint density at radius 1 is 0.925 bits per heavy atom. The average molecular weight is 545 g/mol. The van der Waals surface area contributed by atoms with Gasteiger partial charge in [-0.2, -0.15) is 0 Å². The van der Waals surface area contributed by atoms with Crippen LogP contribution in [0.3, 0.4) is 0 Å². The van der Waals surface area contributed by atoms with E-state index < -0.39 is 23.3 Å². The average Bonchev–Trinajstić information content (AvgIpc) is 2.93. The highest BCUT2D eigenvalue weighted by Crippen LogP contribution is 2.31. The van der Waals surface area contributed by atoms with Crippen molar-refractivity contribution in [2.24, 2.45) is 0 Å². The molecular formula is C31H36N4O5. The molecule has 0 spiro atoms. The van der Waals surface area contributed by atoms with Crippen LogP contribution in [0.4, 0.5) is 0 Å². The van der Waals surface area contributed by atoms with Crippen LogP contribution < -0.4 is 21.5 Å². The second-order valence-electron chi connectivity index (χ2n) is 10.5. The van der Waals surface area contributed by atoms with E-state index in [1.807, 2.05) is 24.3 Å². The van der Waals surface area contributed by atoms with Gasteiger partial charge < -0.3 is 9.15 Å². The van der Waals surface area contributed by atoms with Crippen molar-refractivity contribution in [1.82, 2.24) is 20.0 Å². The Bertz CT molecular complexity index is 1590. The SMILES string of the molecule is COc1ccnc2c(=O)n([C@@H](C)C(=O)NN(C)C(c3cccc(C(C)C)c3)c3cccc(C(C)C)c3)c(=O)oc12. The third-order valence-electron chi connectivity index (χ3n) is 7.12. The highest BCUT2D eigenvalue weighted by Gasteiger charge is 2.27. The molecule has 0 unspecified atom stereocenters. The third kappa shape index (κ3) is 5.70. The smallest absolute Gasteiger partial charge is 0.423 e. The Morgan fingerprint density at radius 3 is 2.00 bits per heavy atom. The van der Waals surface area contributed by atoms with Crippen molar-refractivity contribution in [3.63, 3.8) is 0 Å². The lowest BCUT2D eigenvalue weighted by Crippen LogP contribution is -2.48. The summed E-state index contributed by atoms with van der Waals surface area (Å²) >= 11 is 0. The number of pyridine rings is 1. The zero-order chi connectivity index (χ0) is 29.1. The molecule has 0 aliphatic heterocycles. The van der Waals surface area contributed by atoms with E-state index in [0.29, 0.717) is 11.8 Å². The fourth-order valence-electron chi connectivity index (χ4n) is 4.77. The van der Waals surface area contributed by atoms with Crippen LogP contribution in [0.1, 0.15) is 80.8 Å². The minimum absolute atomic E-state index is 0.0592. The van der Waals surface area contributed by atoms with Gasteiger partial charge in [-0.05, 0) is 41.0 Å². The largest absolute Gasteiger partial charge is 0.493 e. The van der Waals surface area contributed by atoms with E-state index in [1.54, 1.807) is 12.1 Å². The number of rotatable bonds is 9. The molecule has 2 aromatic carbocycles. The molecule has 2 heterocycles. The summed E-state index contributed by atoms with van der Waals surface area (Å²) in [6.45, 7) is 10.0. The standard InChI is InChI=1S/C31H36N4O5/c1-18(2)21-10-8-12-23(16-21)27(24-13-9-11-22(17-24)19(3)4)34(6)33-29(36)20(5)35-30(37)26-28(40-31(35)38)25(39-7)14-15-32-26/h8-20,27H,1-7H3,(H,33,36)/t20-/m0/s1. The van der Waals surface area contributed by atoms with E-state index in [-0.39, 0.29) is 22.9 Å². The van der Waals surface area contributed by atoms with Crippen molar-refractivity contribution >= 4 is 17.0 Å². The molecule has 4 rings (SSSR count). The summed E-state index contributed by atoms with van der Waals surface area (Å²) in [6.07, 6.45) is 1.38. The molecule has 210 valence electrons. The summed E-state index contributed by atoms with van der Waals surface area (Å²) in [7, 11) is 3.17. The number of hydrogen-bond donors (Lipinski definition) is 1. The molecule has 1 amide bonds. The topological polar surface area (TPSA) is 107 Å². The first kappa shape index (κ1) is 28.8. The summed E-state index contributed by atoms with van der Waals surface area (Å²) in [4.78, 5) is 43.6. The normalized spacial score (nSPS) is 12.5. The highest BCUT2D eigenvalue weighted by atomic mass is 16.5. The molecule has 0 radical (unpaired) electrons. The second kappa shape index (κ2) is 11.9. The predicted molar refractivity (Wildman–Crippen MR) is 155 cm³/mol. The van der Waals surface area contributed by atoms with Gasteiger partial charge in [0.1, 0.15) is 6.04 Å². The zero-order valence-corrected chi connectivity index (χ0v) is 24.0. The summed E-state index contributed by atoms with van der Waals surface area (Å²) in [6, 6.07) is 16.6. The Labute approximate surface area is 233 Å². The van der Waals surface area contributed by atoms with Crippen molar-refractivity contribution in [2.45, 2.75) is 58.5 Å². The quantitative estimate of drug-likeness (QED) is 0.298. The molecule has 0 saturated heterocycles. The molecular weight excluding hydrogens is 508 g/mol. The molecule has 4 aromatic rings. The zero-order valence-electron chi connectivity index (χ0n) is 24.0. The summed E-state index contributed by atoms with van der Waals surface area (Å²) in [5, 5.41) is 1.71. The molecule has 2 aromatic heterocycles. The molecule has 1 N–H and O–H groups in total. The number of aromatic nitrogens is 2. The maximum atomic E-state index is 13.5. The summed E-state index contributed by atoms with van der Waals surface area (Å²) < 4.78 is 11.3. The number of carbonyl (C=O) groups is 1. The lowest BCUT2D eigenvalue weighted by Gasteiger charge is -2.31. The Hall–Kier alpha value is -4.24. The van der Waals surface area contributed by atoms with Crippen LogP contribution in [-0.2, 0) is 4.79 Å². The second-order valence-corrected chi connectivity index (χ2v) is 10.5. The molecule has 0 saturated carbocycles. The number of ether oxygens (including phenoxy) is 1. The first-order valence-electron chi connectivity index (χ1n) is 13.3. The summed E-state index contributed by atoms with van der Waals surface area (Å²) in [5.74, 6) is -0.662. The van der Waals surface area contributed by atoms with Gasteiger partial charge in [0.25, 0.3) is 11.5 Å². The molecule has 40 heavy (non-hydrogen) atoms. The van der Waals surface area contributed by atoms with Crippen molar-refractivity contribution in [3.05, 3.63) is 104 Å². The van der Waals surface area contributed by atoms with Gasteiger partial charge in [-0.25, -0.2) is 19.4 Å². The lowest BCUT2D eigenvalue weighted by molar-refractivity contribution is -0.129. The van der Waals surface area contributed by atoms with Gasteiger partial charge in [0.15, 0.2) is 11.3 Å². The van der Waals surface area contributed by atoms with Crippen molar-refractivity contribution in [1.29, 1.82) is 0 Å². The summed E-state index contributed by atoms with van der Waals surface area (Å²) in [5.41, 5.74) is 6.38. The lowest BCUT2D eigenvalue weighted by atomic mass is 9.91. The Morgan fingerprint density at radius 2 is 1.48 bits per heavy atom. The minimum atomic E-state index is -1.17. The van der Waals surface area contributed by atoms with E-state index >= 15 is 0 Å². The van der Waals surface area contributed by atoms with Crippen molar-refractivity contribution < 1.29 is 13.9 Å². The van der Waals surface area contributed by atoms with Crippen LogP contribution in [-0.4, -0.2) is 34.6 Å². The van der Waals surface area contributed by atoms with E-state index in [1.165, 1.54) is 37.4 Å². The number of hydrogen-bond acceptors (Lipinski definition) is 7. The molecule has 0 bridgehead atoms. The minimum Gasteiger partial charge on any atom is -0.493 e. The van der Waals surface area contributed by atoms with Crippen LogP contribution in [0.2, 0.25) is 0 Å². The van der Waals surface area contributed by atoms with Gasteiger partial charge in [0, 0.05) is 19.3 Å². The van der Waals surface area contributed by atoms with Crippen molar-refractivity contribution in [3.8, 4) is 5.75 Å². The maximum Gasteiger partial charge on any atom is 0.423 e. The number of nitrogens with zero attached hydrogens (tertiary/aromatic N) is 3. The molecule has 9 heteroatoms. The third-order valence-corrected chi connectivity index (χ3v) is 7.12. The first-order valence-corrected chi connectivity index (χ1v) is 13.3. The van der Waals surface area contributed by atoms with Gasteiger partial charge in [0.2, 0.25) is 5.58 Å². The predicted octanol–water partition coefficient (Wildman–Crippen LogP) is 4.92. The van der Waals surface area contributed by atoms with Crippen LogP contribution in [0, 0.1) is 0 Å².